The molecule has 1 aromatic carbocycles. The van der Waals surface area contributed by atoms with E-state index in [1.165, 1.54) is 14.0 Å². The second kappa shape index (κ2) is 6.99. The highest BCUT2D eigenvalue weighted by Crippen LogP contribution is 2.32. The highest BCUT2D eigenvalue weighted by molar-refractivity contribution is 5.81. The molecule has 1 atom stereocenters. The number of aromatic nitrogens is 1. The number of nitrogens with two attached hydrogens (primary N) is 1. The van der Waals surface area contributed by atoms with Gasteiger partial charge in [0.15, 0.2) is 5.76 Å². The summed E-state index contributed by atoms with van der Waals surface area (Å²) in [6.45, 7) is 1.53. The minimum absolute atomic E-state index is 0.138. The molecule has 0 radical (unpaired) electrons. The smallest absolute Gasteiger partial charge is 0.252 e. The van der Waals surface area contributed by atoms with Gasteiger partial charge >= 0.3 is 0 Å². The predicted octanol–water partition coefficient (Wildman–Crippen LogP) is 1.51. The van der Waals surface area contributed by atoms with Crippen LogP contribution in [0.2, 0.25) is 0 Å². The Labute approximate surface area is 153 Å². The van der Waals surface area contributed by atoms with E-state index >= 15 is 0 Å². The summed E-state index contributed by atoms with van der Waals surface area (Å²) in [5, 5.41) is 10.8. The molecule has 2 aromatic heterocycles. The number of hydrogen-bond donors (Lipinski definition) is 3. The Bertz CT molecular complexity index is 1150. The monoisotopic (exact) mass is 370 g/mol. The predicted molar refractivity (Wildman–Crippen MR) is 98.2 cm³/mol. The third kappa shape index (κ3) is 3.55. The van der Waals surface area contributed by atoms with Crippen LogP contribution in [0.3, 0.4) is 0 Å². The topological polar surface area (TPSA) is 136 Å². The highest BCUT2D eigenvalue weighted by Gasteiger charge is 2.27. The first-order chi connectivity index (χ1) is 12.8. The van der Waals surface area contributed by atoms with Gasteiger partial charge in [0, 0.05) is 29.0 Å². The van der Waals surface area contributed by atoms with E-state index in [0.29, 0.717) is 16.7 Å². The van der Waals surface area contributed by atoms with E-state index in [9.17, 15) is 19.5 Å². The van der Waals surface area contributed by atoms with E-state index in [-0.39, 0.29) is 23.5 Å². The van der Waals surface area contributed by atoms with E-state index in [1.54, 1.807) is 24.3 Å². The zero-order valence-electron chi connectivity index (χ0n) is 14.7. The molecular formula is C19H18N2O6. The number of rotatable bonds is 5. The first-order valence-electron chi connectivity index (χ1n) is 8.13. The van der Waals surface area contributed by atoms with Crippen molar-refractivity contribution in [1.82, 2.24) is 4.98 Å². The minimum Gasteiger partial charge on any atom is -0.502 e. The number of pyridine rings is 1. The number of nitrogens with one attached hydrogen (secondary N) is 1. The van der Waals surface area contributed by atoms with E-state index in [0.717, 1.165) is 6.07 Å². The summed E-state index contributed by atoms with van der Waals surface area (Å²) in [5.41, 5.74) is 4.89. The number of benzene rings is 1. The Kier molecular flexibility index (Phi) is 4.72. The molecule has 0 unspecified atom stereocenters. The molecule has 0 saturated heterocycles. The van der Waals surface area contributed by atoms with Crippen molar-refractivity contribution in [3.8, 4) is 11.5 Å². The summed E-state index contributed by atoms with van der Waals surface area (Å²) in [6, 6.07) is 7.78. The van der Waals surface area contributed by atoms with Crippen LogP contribution < -0.4 is 21.5 Å². The van der Waals surface area contributed by atoms with Gasteiger partial charge in [0.1, 0.15) is 11.5 Å². The second-order valence-electron chi connectivity index (χ2n) is 6.16. The van der Waals surface area contributed by atoms with Crippen LogP contribution in [0.15, 0.2) is 44.3 Å². The average Bonchev–Trinajstić information content (AvgIpc) is 2.62. The molecular weight excluding hydrogens is 352 g/mol. The van der Waals surface area contributed by atoms with E-state index in [4.69, 9.17) is 14.9 Å². The Balaban J connectivity index is 2.27. The Morgan fingerprint density at radius 2 is 2.04 bits per heavy atom. The second-order valence-corrected chi connectivity index (χ2v) is 6.16. The molecule has 0 aliphatic carbocycles. The third-order valence-electron chi connectivity index (χ3n) is 4.25. The maximum absolute atomic E-state index is 12.6. The van der Waals surface area contributed by atoms with Crippen LogP contribution in [0.25, 0.3) is 10.9 Å². The standard InChI is InChI=1S/C19H18N2O6/c1-9-5-15(22)17(24)18(27-9)12(8-16(20)23)13-7-10-6-11(26-2)3-4-14(10)21-19(13)25/h3-7,12,24H,8H2,1-2H3,(H2,20,23)(H,21,25)/t12-/m0/s1. The number of ether oxygens (including phenoxy) is 1. The summed E-state index contributed by atoms with van der Waals surface area (Å²) in [6.07, 6.45) is -0.321. The fourth-order valence-corrected chi connectivity index (χ4v) is 2.99. The van der Waals surface area contributed by atoms with Crippen molar-refractivity contribution in [2.75, 3.05) is 7.11 Å². The van der Waals surface area contributed by atoms with Crippen molar-refractivity contribution in [3.63, 3.8) is 0 Å². The van der Waals surface area contributed by atoms with E-state index < -0.39 is 28.6 Å². The minimum atomic E-state index is -1.02. The normalized spacial score (nSPS) is 12.1. The van der Waals surface area contributed by atoms with Gasteiger partial charge in [-0.3, -0.25) is 14.4 Å². The quantitative estimate of drug-likeness (QED) is 0.623. The summed E-state index contributed by atoms with van der Waals surface area (Å²) in [4.78, 5) is 38.9. The van der Waals surface area contributed by atoms with Crippen molar-refractivity contribution >= 4 is 16.8 Å². The molecule has 3 rings (SSSR count). The molecule has 0 spiro atoms. The van der Waals surface area contributed by atoms with Crippen LogP contribution in [-0.2, 0) is 4.79 Å². The van der Waals surface area contributed by atoms with Gasteiger partial charge in [-0.05, 0) is 31.2 Å². The maximum Gasteiger partial charge on any atom is 0.252 e. The summed E-state index contributed by atoms with van der Waals surface area (Å²) >= 11 is 0. The highest BCUT2D eigenvalue weighted by atomic mass is 16.5. The Morgan fingerprint density at radius 3 is 2.70 bits per heavy atom. The molecule has 0 aliphatic rings. The lowest BCUT2D eigenvalue weighted by atomic mass is 9.92. The fraction of sp³-hybridized carbons (Fsp3) is 0.211. The lowest BCUT2D eigenvalue weighted by molar-refractivity contribution is -0.118. The maximum atomic E-state index is 12.6. The number of aryl methyl sites for hydroxylation is 1. The molecule has 0 aliphatic heterocycles. The van der Waals surface area contributed by atoms with Gasteiger partial charge in [-0.15, -0.1) is 0 Å². The number of carbonyl (C=O) groups excluding carboxylic acids is 1. The van der Waals surface area contributed by atoms with Crippen molar-refractivity contribution in [1.29, 1.82) is 0 Å². The lowest BCUT2D eigenvalue weighted by Gasteiger charge is -2.16. The van der Waals surface area contributed by atoms with Crippen LogP contribution in [-0.4, -0.2) is 23.1 Å². The van der Waals surface area contributed by atoms with E-state index in [1.807, 2.05) is 0 Å². The lowest BCUT2D eigenvalue weighted by Crippen LogP contribution is -2.23. The number of aromatic amines is 1. The number of methoxy groups -OCH3 is 1. The van der Waals surface area contributed by atoms with Crippen molar-refractivity contribution < 1.29 is 19.1 Å². The van der Waals surface area contributed by atoms with Crippen molar-refractivity contribution in [2.24, 2.45) is 5.73 Å². The first-order valence-corrected chi connectivity index (χ1v) is 8.13. The van der Waals surface area contributed by atoms with Gasteiger partial charge in [-0.2, -0.15) is 0 Å². The van der Waals surface area contributed by atoms with Crippen molar-refractivity contribution in [2.45, 2.75) is 19.3 Å². The SMILES string of the molecule is COc1ccc2[nH]c(=O)c([C@H](CC(N)=O)c3oc(C)cc(=O)c3O)cc2c1. The van der Waals surface area contributed by atoms with Crippen molar-refractivity contribution in [3.05, 3.63) is 68.0 Å². The molecule has 2 heterocycles. The van der Waals surface area contributed by atoms with Crippen LogP contribution in [0.1, 0.15) is 29.4 Å². The molecule has 0 bridgehead atoms. The molecule has 27 heavy (non-hydrogen) atoms. The van der Waals surface area contributed by atoms with Gasteiger partial charge < -0.3 is 25.0 Å². The van der Waals surface area contributed by atoms with Gasteiger partial charge in [-0.25, -0.2) is 0 Å². The Hall–Kier alpha value is -3.55. The molecule has 4 N–H and O–H groups in total. The number of fused-ring (bicyclic) bond motifs is 1. The van der Waals surface area contributed by atoms with Gasteiger partial charge in [0.2, 0.25) is 17.1 Å². The molecule has 8 heteroatoms. The number of carbonyl (C=O) groups is 1. The zero-order chi connectivity index (χ0) is 19.7. The Morgan fingerprint density at radius 1 is 1.30 bits per heavy atom. The molecule has 3 aromatic rings. The molecule has 0 saturated carbocycles. The number of hydrogen-bond acceptors (Lipinski definition) is 6. The molecule has 0 fully saturated rings. The number of amides is 1. The molecule has 140 valence electrons. The number of aromatic hydroxyl groups is 1. The third-order valence-corrected chi connectivity index (χ3v) is 4.25. The summed E-state index contributed by atoms with van der Waals surface area (Å²) in [5.74, 6) is -1.75. The van der Waals surface area contributed by atoms with Gasteiger partial charge in [0.05, 0.1) is 13.0 Å². The number of H-pyrrole nitrogens is 1. The first kappa shape index (κ1) is 18.2. The summed E-state index contributed by atoms with van der Waals surface area (Å²) in [7, 11) is 1.52. The number of primary amides is 1. The van der Waals surface area contributed by atoms with Crippen LogP contribution >= 0.6 is 0 Å². The van der Waals surface area contributed by atoms with Gasteiger partial charge in [0.25, 0.3) is 5.56 Å². The van der Waals surface area contributed by atoms with Crippen LogP contribution in [0, 0.1) is 6.92 Å². The van der Waals surface area contributed by atoms with E-state index in [2.05, 4.69) is 4.98 Å². The zero-order valence-corrected chi connectivity index (χ0v) is 14.7. The molecule has 1 amide bonds. The largest absolute Gasteiger partial charge is 0.502 e. The van der Waals surface area contributed by atoms with Gasteiger partial charge in [-0.1, -0.05) is 0 Å². The van der Waals surface area contributed by atoms with Crippen LogP contribution in [0.4, 0.5) is 0 Å². The summed E-state index contributed by atoms with van der Waals surface area (Å²) < 4.78 is 10.7. The van der Waals surface area contributed by atoms with Crippen LogP contribution in [0.5, 0.6) is 11.5 Å². The molecule has 8 nitrogen and oxygen atoms in total. The fourth-order valence-electron chi connectivity index (χ4n) is 2.99. The average molecular weight is 370 g/mol.